The van der Waals surface area contributed by atoms with E-state index < -0.39 is 0 Å². The van der Waals surface area contributed by atoms with Crippen molar-refractivity contribution in [1.29, 1.82) is 0 Å². The van der Waals surface area contributed by atoms with Gasteiger partial charge >= 0.3 is 7.12 Å². The molecule has 0 N–H and O–H groups in total. The van der Waals surface area contributed by atoms with E-state index in [1.54, 1.807) is 0 Å². The van der Waals surface area contributed by atoms with Crippen molar-refractivity contribution in [1.82, 2.24) is 4.90 Å². The Morgan fingerprint density at radius 1 is 0.969 bits per heavy atom. The van der Waals surface area contributed by atoms with Gasteiger partial charge in [0.15, 0.2) is 0 Å². The molecule has 2 aliphatic rings. The maximum atomic E-state index is 6.13. The molecule has 0 amide bonds. The molecule has 2 aliphatic heterocycles. The molecule has 0 aromatic heterocycles. The van der Waals surface area contributed by atoms with Crippen LogP contribution < -0.4 is 5.46 Å². The lowest BCUT2D eigenvalue weighted by atomic mass is 9.77. The van der Waals surface area contributed by atoms with Crippen LogP contribution in [0.3, 0.4) is 0 Å². The van der Waals surface area contributed by atoms with Crippen molar-refractivity contribution in [3.05, 3.63) is 77.9 Å². The van der Waals surface area contributed by atoms with Crippen LogP contribution in [0.2, 0.25) is 0 Å². The number of likely N-dealkylation sites (N-methyl/N-ethyl adjacent to an activating group) is 1. The number of hydrogen-bond acceptors (Lipinski definition) is 3. The van der Waals surface area contributed by atoms with E-state index in [2.05, 4.69) is 88.7 Å². The molecular weight excluding hydrogens is 393 g/mol. The Labute approximate surface area is 197 Å². The van der Waals surface area contributed by atoms with Crippen molar-refractivity contribution < 1.29 is 9.31 Å². The Hall–Kier alpha value is -1.88. The summed E-state index contributed by atoms with van der Waals surface area (Å²) in [6.45, 7) is 18.2. The zero-order chi connectivity index (χ0) is 23.8. The van der Waals surface area contributed by atoms with Crippen LogP contribution in [0, 0.1) is 0 Å². The molecule has 174 valence electrons. The van der Waals surface area contributed by atoms with Crippen LogP contribution in [0.1, 0.15) is 64.7 Å². The van der Waals surface area contributed by atoms with Crippen LogP contribution in [0.4, 0.5) is 0 Å². The van der Waals surface area contributed by atoms with Gasteiger partial charge in [0.2, 0.25) is 0 Å². The molecule has 0 spiro atoms. The zero-order valence-electron chi connectivity index (χ0n) is 21.3. The van der Waals surface area contributed by atoms with E-state index >= 15 is 0 Å². The normalized spacial score (nSPS) is 18.5. The highest BCUT2D eigenvalue weighted by Gasteiger charge is 2.51. The zero-order valence-corrected chi connectivity index (χ0v) is 21.3. The summed E-state index contributed by atoms with van der Waals surface area (Å²) in [5, 5.41) is 0. The Balaban J connectivity index is 0.000000255. The summed E-state index contributed by atoms with van der Waals surface area (Å²) >= 11 is 0. The van der Waals surface area contributed by atoms with Crippen LogP contribution in [0.5, 0.6) is 0 Å². The standard InChI is InChI=1S/C16H24BNO2.C10H12.C2H6/c1-15(2)16(3,4)20-17(19-15)14-7-6-12-8-9-18(5)11-13(12)10-14;1-2-3-7-10-8-5-4-6-9-10;1-2/h6-7,10H,8-9,11H2,1-5H3;2,4-6,8-9H,1,3,7H2;1-2H3. The first-order chi connectivity index (χ1) is 15.2. The number of hydrogen-bond donors (Lipinski definition) is 0. The van der Waals surface area contributed by atoms with Crippen LogP contribution in [0.15, 0.2) is 61.2 Å². The fourth-order valence-corrected chi connectivity index (χ4v) is 3.76. The molecular formula is C28H42BNO2. The number of nitrogens with zero attached hydrogens (tertiary/aromatic N) is 1. The first-order valence-electron chi connectivity index (χ1n) is 12.0. The van der Waals surface area contributed by atoms with Gasteiger partial charge in [0.05, 0.1) is 11.2 Å². The molecule has 4 rings (SSSR count). The summed E-state index contributed by atoms with van der Waals surface area (Å²) in [5.74, 6) is 0. The van der Waals surface area contributed by atoms with Crippen molar-refractivity contribution in [3.63, 3.8) is 0 Å². The van der Waals surface area contributed by atoms with Gasteiger partial charge in [-0.15, -0.1) is 6.58 Å². The first-order valence-corrected chi connectivity index (χ1v) is 12.0. The molecule has 1 saturated heterocycles. The average molecular weight is 435 g/mol. The highest BCUT2D eigenvalue weighted by Crippen LogP contribution is 2.36. The largest absolute Gasteiger partial charge is 0.494 e. The van der Waals surface area contributed by atoms with E-state index in [1.165, 1.54) is 16.7 Å². The van der Waals surface area contributed by atoms with E-state index in [0.29, 0.717) is 0 Å². The van der Waals surface area contributed by atoms with Crippen molar-refractivity contribution in [2.24, 2.45) is 0 Å². The minimum Gasteiger partial charge on any atom is -0.399 e. The number of allylic oxidation sites excluding steroid dienone is 1. The number of rotatable bonds is 4. The molecule has 1 fully saturated rings. The van der Waals surface area contributed by atoms with Gasteiger partial charge in [-0.2, -0.15) is 0 Å². The lowest BCUT2D eigenvalue weighted by molar-refractivity contribution is 0.00578. The van der Waals surface area contributed by atoms with Gasteiger partial charge in [-0.3, -0.25) is 0 Å². The summed E-state index contributed by atoms with van der Waals surface area (Å²) in [7, 11) is 1.92. The Morgan fingerprint density at radius 2 is 1.59 bits per heavy atom. The summed E-state index contributed by atoms with van der Waals surface area (Å²) in [5.41, 5.74) is 4.85. The van der Waals surface area contributed by atoms with Crippen molar-refractivity contribution in [2.75, 3.05) is 13.6 Å². The topological polar surface area (TPSA) is 21.7 Å². The second-order valence-electron chi connectivity index (χ2n) is 9.42. The highest BCUT2D eigenvalue weighted by atomic mass is 16.7. The predicted molar refractivity (Wildman–Crippen MR) is 139 cm³/mol. The minimum atomic E-state index is -0.273. The molecule has 4 heteroatoms. The molecule has 0 atom stereocenters. The van der Waals surface area contributed by atoms with Crippen molar-refractivity contribution >= 4 is 12.6 Å². The van der Waals surface area contributed by atoms with Gasteiger partial charge in [0.25, 0.3) is 0 Å². The van der Waals surface area contributed by atoms with Gasteiger partial charge in [0, 0.05) is 13.1 Å². The fourth-order valence-electron chi connectivity index (χ4n) is 3.76. The van der Waals surface area contributed by atoms with E-state index in [4.69, 9.17) is 9.31 Å². The Kier molecular flexibility index (Phi) is 9.75. The second kappa shape index (κ2) is 11.8. The van der Waals surface area contributed by atoms with Gasteiger partial charge in [-0.25, -0.2) is 0 Å². The molecule has 2 heterocycles. The minimum absolute atomic E-state index is 0.252. The van der Waals surface area contributed by atoms with E-state index in [9.17, 15) is 0 Å². The summed E-state index contributed by atoms with van der Waals surface area (Å²) in [6.07, 6.45) is 5.27. The molecule has 0 aliphatic carbocycles. The summed E-state index contributed by atoms with van der Waals surface area (Å²) in [6, 6.07) is 17.1. The number of benzene rings is 2. The van der Waals surface area contributed by atoms with Gasteiger partial charge < -0.3 is 14.2 Å². The molecule has 0 saturated carbocycles. The predicted octanol–water partition coefficient (Wildman–Crippen LogP) is 5.81. The maximum absolute atomic E-state index is 6.13. The average Bonchev–Trinajstić information content (AvgIpc) is 3.01. The van der Waals surface area contributed by atoms with E-state index in [-0.39, 0.29) is 18.3 Å². The molecule has 2 aromatic rings. The van der Waals surface area contributed by atoms with Crippen LogP contribution in [0.25, 0.3) is 0 Å². The van der Waals surface area contributed by atoms with Gasteiger partial charge in [0.1, 0.15) is 0 Å². The van der Waals surface area contributed by atoms with Gasteiger partial charge in [-0.05, 0) is 76.2 Å². The number of aryl methyl sites for hydroxylation is 1. The highest BCUT2D eigenvalue weighted by molar-refractivity contribution is 6.62. The first kappa shape index (κ1) is 26.4. The second-order valence-corrected chi connectivity index (χ2v) is 9.42. The van der Waals surface area contributed by atoms with E-state index in [0.717, 1.165) is 37.8 Å². The van der Waals surface area contributed by atoms with Crippen molar-refractivity contribution in [3.8, 4) is 0 Å². The van der Waals surface area contributed by atoms with Crippen LogP contribution in [-0.4, -0.2) is 36.8 Å². The molecule has 3 nitrogen and oxygen atoms in total. The van der Waals surface area contributed by atoms with E-state index in [1.807, 2.05) is 26.0 Å². The SMILES string of the molecule is C=CCCc1ccccc1.CC.CN1CCc2ccc(B3OC(C)(C)C(C)(C)O3)cc2C1. The fraction of sp³-hybridized carbons (Fsp3) is 0.500. The van der Waals surface area contributed by atoms with Crippen LogP contribution >= 0.6 is 0 Å². The third-order valence-corrected chi connectivity index (χ3v) is 6.44. The molecule has 2 aromatic carbocycles. The molecule has 0 radical (unpaired) electrons. The lowest BCUT2D eigenvalue weighted by Crippen LogP contribution is -2.41. The third kappa shape index (κ3) is 6.81. The van der Waals surface area contributed by atoms with Gasteiger partial charge in [-0.1, -0.05) is 68.5 Å². The third-order valence-electron chi connectivity index (χ3n) is 6.44. The molecule has 0 unspecified atom stereocenters. The number of fused-ring (bicyclic) bond motifs is 1. The quantitative estimate of drug-likeness (QED) is 0.447. The maximum Gasteiger partial charge on any atom is 0.494 e. The van der Waals surface area contributed by atoms with Crippen LogP contribution in [-0.2, 0) is 28.7 Å². The molecule has 32 heavy (non-hydrogen) atoms. The summed E-state index contributed by atoms with van der Waals surface area (Å²) < 4.78 is 12.3. The molecule has 0 bridgehead atoms. The lowest BCUT2D eigenvalue weighted by Gasteiger charge is -2.32. The Morgan fingerprint density at radius 3 is 2.19 bits per heavy atom. The monoisotopic (exact) mass is 435 g/mol. The Bertz CT molecular complexity index is 832. The van der Waals surface area contributed by atoms with Crippen molar-refractivity contribution in [2.45, 2.75) is 78.6 Å². The smallest absolute Gasteiger partial charge is 0.399 e. The summed E-state index contributed by atoms with van der Waals surface area (Å²) in [4.78, 5) is 2.36.